The van der Waals surface area contributed by atoms with Crippen LogP contribution in [0.25, 0.3) is 10.9 Å². The van der Waals surface area contributed by atoms with E-state index in [0.29, 0.717) is 18.3 Å². The van der Waals surface area contributed by atoms with E-state index in [1.165, 1.54) is 6.42 Å². The van der Waals surface area contributed by atoms with Gasteiger partial charge in [0.1, 0.15) is 11.9 Å². The first kappa shape index (κ1) is 21.8. The van der Waals surface area contributed by atoms with Crippen LogP contribution >= 0.6 is 0 Å². The van der Waals surface area contributed by atoms with Crippen molar-refractivity contribution >= 4 is 16.9 Å². The third-order valence-electron chi connectivity index (χ3n) is 6.73. The molecule has 4 heterocycles. The largest absolute Gasteiger partial charge is 0.497 e. The molecule has 5 heteroatoms. The fourth-order valence-electron chi connectivity index (χ4n) is 5.18. The van der Waals surface area contributed by atoms with Gasteiger partial charge in [-0.2, -0.15) is 0 Å². The Morgan fingerprint density at radius 3 is 2.81 bits per heavy atom. The lowest BCUT2D eigenvalue weighted by atomic mass is 9.73. The van der Waals surface area contributed by atoms with E-state index < -0.39 is 0 Å². The number of nitrogens with zero attached hydrogens (tertiary/aromatic N) is 2. The highest BCUT2D eigenvalue weighted by Crippen LogP contribution is 2.44. The van der Waals surface area contributed by atoms with Gasteiger partial charge in [0.05, 0.1) is 25.1 Å². The predicted molar refractivity (Wildman–Crippen MR) is 123 cm³/mol. The Hall–Kier alpha value is -2.40. The molecule has 0 N–H and O–H groups in total. The second-order valence-electron chi connectivity index (χ2n) is 10.2. The van der Waals surface area contributed by atoms with E-state index in [9.17, 15) is 4.79 Å². The number of rotatable bonds is 6. The van der Waals surface area contributed by atoms with Crippen LogP contribution in [0.5, 0.6) is 5.75 Å². The number of piperidine rings is 3. The number of ether oxygens (including phenoxy) is 2. The number of hydrogen-bond donors (Lipinski definition) is 0. The summed E-state index contributed by atoms with van der Waals surface area (Å²) in [5.41, 5.74) is 1.78. The lowest BCUT2D eigenvalue weighted by molar-refractivity contribution is -0.159. The molecule has 1 aromatic heterocycles. The van der Waals surface area contributed by atoms with Crippen molar-refractivity contribution in [2.45, 2.75) is 52.2 Å². The third-order valence-corrected chi connectivity index (χ3v) is 6.73. The van der Waals surface area contributed by atoms with Crippen LogP contribution in [0.15, 0.2) is 43.1 Å². The fourth-order valence-corrected chi connectivity index (χ4v) is 5.18. The minimum Gasteiger partial charge on any atom is -0.497 e. The molecular formula is C26H34N2O3. The number of fused-ring (bicyclic) bond motifs is 4. The highest BCUT2D eigenvalue weighted by atomic mass is 16.5. The highest BCUT2D eigenvalue weighted by molar-refractivity contribution is 5.84. The van der Waals surface area contributed by atoms with Crippen molar-refractivity contribution in [2.75, 3.05) is 20.2 Å². The number of esters is 1. The molecule has 5 atom stereocenters. The Morgan fingerprint density at radius 1 is 1.35 bits per heavy atom. The minimum atomic E-state index is -0.332. The number of carbonyl (C=O) groups excluding carboxylic acids is 1. The minimum absolute atomic E-state index is 0.120. The van der Waals surface area contributed by atoms with E-state index in [2.05, 4.69) is 43.3 Å². The maximum absolute atomic E-state index is 13.0. The van der Waals surface area contributed by atoms with Crippen LogP contribution in [0.2, 0.25) is 0 Å². The zero-order valence-electron chi connectivity index (χ0n) is 19.1. The van der Waals surface area contributed by atoms with Gasteiger partial charge in [-0.1, -0.05) is 26.8 Å². The van der Waals surface area contributed by atoms with Crippen molar-refractivity contribution in [3.63, 3.8) is 0 Å². The van der Waals surface area contributed by atoms with E-state index in [4.69, 9.17) is 9.47 Å². The number of hydrogen-bond acceptors (Lipinski definition) is 5. The number of benzene rings is 1. The normalized spacial score (nSPS) is 26.5. The van der Waals surface area contributed by atoms with Gasteiger partial charge in [0.15, 0.2) is 0 Å². The summed E-state index contributed by atoms with van der Waals surface area (Å²) < 4.78 is 11.8. The van der Waals surface area contributed by atoms with Gasteiger partial charge in [-0.15, -0.1) is 6.58 Å². The average Bonchev–Trinajstić information content (AvgIpc) is 2.75. The van der Waals surface area contributed by atoms with Crippen LogP contribution in [0.1, 0.15) is 51.7 Å². The van der Waals surface area contributed by atoms with Gasteiger partial charge in [0.2, 0.25) is 0 Å². The first-order valence-corrected chi connectivity index (χ1v) is 11.3. The lowest BCUT2D eigenvalue weighted by Crippen LogP contribution is -2.55. The van der Waals surface area contributed by atoms with E-state index >= 15 is 0 Å². The van der Waals surface area contributed by atoms with Gasteiger partial charge in [0, 0.05) is 23.7 Å². The molecule has 0 aliphatic carbocycles. The molecule has 3 aliphatic heterocycles. The zero-order chi connectivity index (χ0) is 22.2. The first-order valence-electron chi connectivity index (χ1n) is 11.3. The summed E-state index contributed by atoms with van der Waals surface area (Å²) in [4.78, 5) is 20.0. The molecule has 5 rings (SSSR count). The number of carbonyl (C=O) groups is 1. The standard InChI is InChI=1S/C26H34N2O3/c1-6-17-16-28-12-10-18(17)13-23(28)25(31-24(29)15-26(2,3)4)20-9-11-27-22-8-7-19(30-5)14-21(20)22/h6-9,11,14,17-18,23,25H,1,10,12-13,15-16H2,2-5H3. The van der Waals surface area contributed by atoms with Crippen molar-refractivity contribution in [3.05, 3.63) is 48.7 Å². The summed E-state index contributed by atoms with van der Waals surface area (Å²) >= 11 is 0. The molecule has 31 heavy (non-hydrogen) atoms. The maximum atomic E-state index is 13.0. The van der Waals surface area contributed by atoms with Crippen LogP contribution in [-0.4, -0.2) is 42.1 Å². The van der Waals surface area contributed by atoms with Crippen LogP contribution in [0, 0.1) is 17.3 Å². The van der Waals surface area contributed by atoms with E-state index in [1.807, 2.05) is 30.5 Å². The molecular weight excluding hydrogens is 388 g/mol. The Labute approximate surface area is 185 Å². The van der Waals surface area contributed by atoms with Crippen LogP contribution in [-0.2, 0) is 9.53 Å². The fraction of sp³-hybridized carbons (Fsp3) is 0.538. The first-order chi connectivity index (χ1) is 14.8. The molecule has 2 bridgehead atoms. The van der Waals surface area contributed by atoms with Crippen molar-refractivity contribution in [1.82, 2.24) is 9.88 Å². The van der Waals surface area contributed by atoms with Crippen LogP contribution < -0.4 is 4.74 Å². The summed E-state index contributed by atoms with van der Waals surface area (Å²) in [5, 5.41) is 0.985. The SMILES string of the molecule is C=CC1CN2CCC1CC2C(OC(=O)CC(C)(C)C)c1ccnc2ccc(OC)cc12. The van der Waals surface area contributed by atoms with Gasteiger partial charge in [-0.25, -0.2) is 0 Å². The molecule has 0 saturated carbocycles. The average molecular weight is 423 g/mol. The van der Waals surface area contributed by atoms with Gasteiger partial charge in [0.25, 0.3) is 0 Å². The van der Waals surface area contributed by atoms with Crippen molar-refractivity contribution in [3.8, 4) is 5.75 Å². The lowest BCUT2D eigenvalue weighted by Gasteiger charge is -2.51. The molecule has 1 aromatic carbocycles. The monoisotopic (exact) mass is 422 g/mol. The summed E-state index contributed by atoms with van der Waals surface area (Å²) in [7, 11) is 1.67. The van der Waals surface area contributed by atoms with Crippen molar-refractivity contribution in [1.29, 1.82) is 0 Å². The van der Waals surface area contributed by atoms with E-state index in [1.54, 1.807) is 7.11 Å². The second kappa shape index (κ2) is 8.62. The Morgan fingerprint density at radius 2 is 2.16 bits per heavy atom. The number of methoxy groups -OCH3 is 1. The Balaban J connectivity index is 1.74. The molecule has 3 fully saturated rings. The van der Waals surface area contributed by atoms with Gasteiger partial charge in [-0.3, -0.25) is 14.7 Å². The Kier molecular flexibility index (Phi) is 6.07. The topological polar surface area (TPSA) is 51.7 Å². The molecule has 0 spiro atoms. The summed E-state index contributed by atoms with van der Waals surface area (Å²) in [6.45, 7) is 12.3. The quantitative estimate of drug-likeness (QED) is 0.475. The molecule has 3 saturated heterocycles. The Bertz CT molecular complexity index is 965. The van der Waals surface area contributed by atoms with Crippen molar-refractivity contribution < 1.29 is 14.3 Å². The van der Waals surface area contributed by atoms with E-state index in [0.717, 1.165) is 41.7 Å². The molecule has 166 valence electrons. The van der Waals surface area contributed by atoms with Gasteiger partial charge >= 0.3 is 5.97 Å². The highest BCUT2D eigenvalue weighted by Gasteiger charge is 2.44. The van der Waals surface area contributed by atoms with Crippen LogP contribution in [0.4, 0.5) is 0 Å². The summed E-state index contributed by atoms with van der Waals surface area (Å²) in [6, 6.07) is 8.06. The smallest absolute Gasteiger partial charge is 0.306 e. The predicted octanol–water partition coefficient (Wildman–Crippen LogP) is 5.16. The number of pyridine rings is 1. The molecule has 5 nitrogen and oxygen atoms in total. The van der Waals surface area contributed by atoms with Crippen molar-refractivity contribution in [2.24, 2.45) is 17.3 Å². The molecule has 0 amide bonds. The van der Waals surface area contributed by atoms with E-state index in [-0.39, 0.29) is 23.5 Å². The maximum Gasteiger partial charge on any atom is 0.306 e. The third kappa shape index (κ3) is 4.62. The van der Waals surface area contributed by atoms with Gasteiger partial charge < -0.3 is 9.47 Å². The number of aromatic nitrogens is 1. The van der Waals surface area contributed by atoms with Gasteiger partial charge in [-0.05, 0) is 60.9 Å². The second-order valence-corrected chi connectivity index (χ2v) is 10.2. The molecule has 0 radical (unpaired) electrons. The zero-order valence-corrected chi connectivity index (χ0v) is 19.1. The molecule has 5 unspecified atom stereocenters. The molecule has 2 aromatic rings. The van der Waals surface area contributed by atoms with Crippen LogP contribution in [0.3, 0.4) is 0 Å². The molecule has 3 aliphatic rings. The summed E-state index contributed by atoms with van der Waals surface area (Å²) in [5.74, 6) is 1.75. The summed E-state index contributed by atoms with van der Waals surface area (Å²) in [6.07, 6.45) is 6.17.